The molecule has 0 aliphatic carbocycles. The highest BCUT2D eigenvalue weighted by atomic mass is 16.5. The number of azide groups is 1. The molecule has 0 radical (unpaired) electrons. The van der Waals surface area contributed by atoms with E-state index in [2.05, 4.69) is 32.5 Å². The number of nitrogens with one attached hydrogen (secondary N) is 2. The van der Waals surface area contributed by atoms with E-state index in [-0.39, 0.29) is 5.91 Å². The lowest BCUT2D eigenvalue weighted by Crippen LogP contribution is -2.25. The highest BCUT2D eigenvalue weighted by Gasteiger charge is 2.05. The number of carbonyl (C=O) groups is 1. The average molecular weight is 355 g/mol. The minimum Gasteiger partial charge on any atom is -0.379 e. The van der Waals surface area contributed by atoms with Crippen LogP contribution in [-0.4, -0.2) is 65.3 Å². The SMILES string of the molecule is CC#CCNC(=O)CCOCCOCCOC(CCCNC)N=[N+]=[N-]. The second-order valence-corrected chi connectivity index (χ2v) is 4.95. The van der Waals surface area contributed by atoms with Crippen molar-refractivity contribution in [3.05, 3.63) is 10.4 Å². The Balaban J connectivity index is 3.48. The van der Waals surface area contributed by atoms with E-state index in [1.807, 2.05) is 7.05 Å². The summed E-state index contributed by atoms with van der Waals surface area (Å²) in [5.74, 6) is 5.37. The maximum atomic E-state index is 11.4. The van der Waals surface area contributed by atoms with Gasteiger partial charge in [0.25, 0.3) is 0 Å². The lowest BCUT2D eigenvalue weighted by atomic mass is 10.3. The van der Waals surface area contributed by atoms with Crippen molar-refractivity contribution in [3.8, 4) is 11.8 Å². The molecule has 2 N–H and O–H groups in total. The van der Waals surface area contributed by atoms with Gasteiger partial charge in [-0.3, -0.25) is 4.79 Å². The number of nitrogens with zero attached hydrogens (tertiary/aromatic N) is 3. The summed E-state index contributed by atoms with van der Waals surface area (Å²) < 4.78 is 16.1. The Morgan fingerprint density at radius 3 is 2.64 bits per heavy atom. The van der Waals surface area contributed by atoms with Gasteiger partial charge in [0.15, 0.2) is 0 Å². The summed E-state index contributed by atoms with van der Waals surface area (Å²) in [6.07, 6.45) is 1.37. The van der Waals surface area contributed by atoms with Crippen LogP contribution >= 0.6 is 0 Å². The second-order valence-electron chi connectivity index (χ2n) is 4.95. The Kier molecular flexibility index (Phi) is 17.2. The third-order valence-corrected chi connectivity index (χ3v) is 2.99. The molecule has 9 heteroatoms. The van der Waals surface area contributed by atoms with Crippen molar-refractivity contribution in [1.82, 2.24) is 10.6 Å². The summed E-state index contributed by atoms with van der Waals surface area (Å²) in [6.45, 7) is 4.84. The van der Waals surface area contributed by atoms with E-state index in [9.17, 15) is 4.79 Å². The quantitative estimate of drug-likeness (QED) is 0.142. The predicted molar refractivity (Wildman–Crippen MR) is 94.8 cm³/mol. The molecule has 0 aromatic heterocycles. The summed E-state index contributed by atoms with van der Waals surface area (Å²) in [7, 11) is 1.87. The van der Waals surface area contributed by atoms with Crippen LogP contribution in [0.1, 0.15) is 26.2 Å². The first-order valence-electron chi connectivity index (χ1n) is 8.36. The number of hydrogen-bond acceptors (Lipinski definition) is 6. The maximum Gasteiger partial charge on any atom is 0.223 e. The largest absolute Gasteiger partial charge is 0.379 e. The van der Waals surface area contributed by atoms with Crippen molar-refractivity contribution in [1.29, 1.82) is 0 Å². The van der Waals surface area contributed by atoms with E-state index >= 15 is 0 Å². The van der Waals surface area contributed by atoms with Crippen LogP contribution < -0.4 is 10.6 Å². The lowest BCUT2D eigenvalue weighted by molar-refractivity contribution is -0.122. The van der Waals surface area contributed by atoms with Crippen molar-refractivity contribution < 1.29 is 19.0 Å². The van der Waals surface area contributed by atoms with Crippen LogP contribution in [-0.2, 0) is 19.0 Å². The molecular weight excluding hydrogens is 326 g/mol. The molecule has 0 aliphatic rings. The summed E-state index contributed by atoms with van der Waals surface area (Å²) in [5, 5.41) is 9.29. The van der Waals surface area contributed by atoms with Gasteiger partial charge in [-0.15, -0.1) is 5.92 Å². The zero-order chi connectivity index (χ0) is 18.6. The Bertz CT molecular complexity index is 444. The topological polar surface area (TPSA) is 118 Å². The fourth-order valence-electron chi connectivity index (χ4n) is 1.73. The van der Waals surface area contributed by atoms with Crippen LogP contribution in [0.3, 0.4) is 0 Å². The van der Waals surface area contributed by atoms with Crippen molar-refractivity contribution >= 4 is 5.91 Å². The number of rotatable bonds is 16. The van der Waals surface area contributed by atoms with Crippen LogP contribution in [0.25, 0.3) is 10.4 Å². The third kappa shape index (κ3) is 16.8. The molecular formula is C16H29N5O4. The van der Waals surface area contributed by atoms with Crippen LogP contribution in [0.4, 0.5) is 0 Å². The molecule has 0 saturated heterocycles. The van der Waals surface area contributed by atoms with E-state index < -0.39 is 6.23 Å². The van der Waals surface area contributed by atoms with Crippen LogP contribution in [0.5, 0.6) is 0 Å². The minimum absolute atomic E-state index is 0.0839. The summed E-state index contributed by atoms with van der Waals surface area (Å²) >= 11 is 0. The Labute approximate surface area is 149 Å². The summed E-state index contributed by atoms with van der Waals surface area (Å²) in [5.41, 5.74) is 8.50. The molecule has 9 nitrogen and oxygen atoms in total. The minimum atomic E-state index is -0.464. The number of amides is 1. The van der Waals surface area contributed by atoms with Crippen LogP contribution in [0.15, 0.2) is 5.11 Å². The number of carbonyl (C=O) groups excluding carboxylic acids is 1. The Morgan fingerprint density at radius 1 is 1.24 bits per heavy atom. The average Bonchev–Trinajstić information content (AvgIpc) is 2.60. The predicted octanol–water partition coefficient (Wildman–Crippen LogP) is 1.20. The molecule has 1 amide bonds. The number of hydrogen-bond donors (Lipinski definition) is 2. The highest BCUT2D eigenvalue weighted by molar-refractivity contribution is 5.76. The lowest BCUT2D eigenvalue weighted by Gasteiger charge is -2.12. The molecule has 0 bridgehead atoms. The fourth-order valence-corrected chi connectivity index (χ4v) is 1.73. The molecule has 0 rings (SSSR count). The van der Waals surface area contributed by atoms with E-state index in [4.69, 9.17) is 19.7 Å². The molecule has 0 fully saturated rings. The molecule has 0 heterocycles. The van der Waals surface area contributed by atoms with E-state index in [0.717, 1.165) is 13.0 Å². The molecule has 0 saturated carbocycles. The standard InChI is InChI=1S/C16H29N5O4/c1-3-4-9-19-15(22)7-10-23-11-12-24-13-14-25-16(20-21-17)6-5-8-18-2/h16,18H,5-14H2,1-2H3,(H,19,22). The molecule has 25 heavy (non-hydrogen) atoms. The van der Waals surface area contributed by atoms with E-state index in [1.54, 1.807) is 6.92 Å². The van der Waals surface area contributed by atoms with Crippen molar-refractivity contribution in [2.75, 3.05) is 53.2 Å². The van der Waals surface area contributed by atoms with E-state index in [1.165, 1.54) is 0 Å². The first-order valence-corrected chi connectivity index (χ1v) is 8.36. The third-order valence-electron chi connectivity index (χ3n) is 2.99. The maximum absolute atomic E-state index is 11.4. The van der Waals surface area contributed by atoms with Crippen molar-refractivity contribution in [2.45, 2.75) is 32.4 Å². The molecule has 1 atom stereocenters. The first kappa shape index (κ1) is 23.2. The van der Waals surface area contributed by atoms with Gasteiger partial charge in [-0.2, -0.15) is 0 Å². The fraction of sp³-hybridized carbons (Fsp3) is 0.812. The first-order chi connectivity index (χ1) is 12.2. The van der Waals surface area contributed by atoms with Crippen molar-refractivity contribution in [3.63, 3.8) is 0 Å². The zero-order valence-corrected chi connectivity index (χ0v) is 15.1. The van der Waals surface area contributed by atoms with Gasteiger partial charge in [0, 0.05) is 11.3 Å². The van der Waals surface area contributed by atoms with Crippen LogP contribution in [0.2, 0.25) is 0 Å². The molecule has 0 aromatic carbocycles. The Hall–Kier alpha value is -1.82. The van der Waals surface area contributed by atoms with Gasteiger partial charge in [0.1, 0.15) is 6.23 Å². The van der Waals surface area contributed by atoms with Gasteiger partial charge in [-0.1, -0.05) is 11.0 Å². The highest BCUT2D eigenvalue weighted by Crippen LogP contribution is 2.04. The van der Waals surface area contributed by atoms with Gasteiger partial charge >= 0.3 is 0 Å². The number of ether oxygens (including phenoxy) is 3. The van der Waals surface area contributed by atoms with Gasteiger partial charge in [-0.25, -0.2) is 0 Å². The molecule has 1 unspecified atom stereocenters. The molecule has 0 aromatic rings. The molecule has 0 aliphatic heterocycles. The van der Waals surface area contributed by atoms with Gasteiger partial charge < -0.3 is 24.8 Å². The summed E-state index contributed by atoms with van der Waals surface area (Å²) in [6, 6.07) is 0. The second kappa shape index (κ2) is 18.5. The van der Waals surface area contributed by atoms with Gasteiger partial charge in [-0.05, 0) is 38.9 Å². The van der Waals surface area contributed by atoms with E-state index in [0.29, 0.717) is 52.4 Å². The normalized spacial score (nSPS) is 11.1. The van der Waals surface area contributed by atoms with Crippen LogP contribution in [0, 0.1) is 11.8 Å². The molecule has 142 valence electrons. The van der Waals surface area contributed by atoms with Crippen molar-refractivity contribution in [2.24, 2.45) is 5.11 Å². The summed E-state index contributed by atoms with van der Waals surface area (Å²) in [4.78, 5) is 14.1. The zero-order valence-electron chi connectivity index (χ0n) is 15.1. The van der Waals surface area contributed by atoms with Gasteiger partial charge in [0.05, 0.1) is 39.6 Å². The molecule has 0 spiro atoms. The monoisotopic (exact) mass is 355 g/mol. The van der Waals surface area contributed by atoms with Gasteiger partial charge in [0.2, 0.25) is 5.91 Å². The smallest absolute Gasteiger partial charge is 0.223 e. The Morgan fingerprint density at radius 2 is 1.96 bits per heavy atom.